The van der Waals surface area contributed by atoms with Gasteiger partial charge in [0.2, 0.25) is 0 Å². The van der Waals surface area contributed by atoms with Crippen LogP contribution in [0.4, 0.5) is 5.69 Å². The van der Waals surface area contributed by atoms with Gasteiger partial charge in [0.1, 0.15) is 17.4 Å². The van der Waals surface area contributed by atoms with Gasteiger partial charge in [-0.2, -0.15) is 5.26 Å². The largest absolute Gasteiger partial charge is 0.425 e. The Morgan fingerprint density at radius 2 is 2.04 bits per heavy atom. The minimum Gasteiger partial charge on any atom is -0.425 e. The van der Waals surface area contributed by atoms with Gasteiger partial charge in [0.05, 0.1) is 5.56 Å². The van der Waals surface area contributed by atoms with Gasteiger partial charge in [0.25, 0.3) is 5.91 Å². The van der Waals surface area contributed by atoms with Crippen LogP contribution in [0.15, 0.2) is 18.2 Å². The molecule has 0 aromatic heterocycles. The summed E-state index contributed by atoms with van der Waals surface area (Å²) >= 11 is 0. The maximum Gasteiger partial charge on any atom is 0.308 e. The molecule has 2 rings (SSSR count). The number of hydrogen-bond acceptors (Lipinski definition) is 5. The number of carbonyl (C=O) groups is 2. The Kier molecular flexibility index (Phi) is 6.76. The van der Waals surface area contributed by atoms with Crippen molar-refractivity contribution in [3.8, 4) is 11.8 Å². The van der Waals surface area contributed by atoms with E-state index in [-0.39, 0.29) is 17.2 Å². The summed E-state index contributed by atoms with van der Waals surface area (Å²) in [4.78, 5) is 24.1. The molecule has 6 heteroatoms. The topological polar surface area (TPSA) is 88.4 Å². The van der Waals surface area contributed by atoms with Crippen molar-refractivity contribution in [2.24, 2.45) is 5.92 Å². The maximum absolute atomic E-state index is 13.0. The maximum atomic E-state index is 13.0. The number of hydrogen-bond donors (Lipinski definition) is 1. The van der Waals surface area contributed by atoms with Crippen LogP contribution in [0, 0.1) is 17.2 Å². The van der Waals surface area contributed by atoms with Crippen molar-refractivity contribution in [3.05, 3.63) is 23.8 Å². The van der Waals surface area contributed by atoms with E-state index in [0.29, 0.717) is 31.1 Å². The van der Waals surface area contributed by atoms with Crippen molar-refractivity contribution in [2.75, 3.05) is 11.9 Å². The summed E-state index contributed by atoms with van der Waals surface area (Å²) in [7, 11) is 0. The molecule has 1 saturated carbocycles. The molecule has 26 heavy (non-hydrogen) atoms. The molecule has 0 bridgehead atoms. The summed E-state index contributed by atoms with van der Waals surface area (Å²) in [6.45, 7) is 6.02. The van der Waals surface area contributed by atoms with E-state index in [9.17, 15) is 14.9 Å². The Hall–Kier alpha value is -2.39. The van der Waals surface area contributed by atoms with Crippen LogP contribution in [0.3, 0.4) is 0 Å². The summed E-state index contributed by atoms with van der Waals surface area (Å²) in [6, 6.07) is 6.63. The second kappa shape index (κ2) is 8.81. The number of rotatable bonds is 6. The van der Waals surface area contributed by atoms with Gasteiger partial charge in [-0.25, -0.2) is 0 Å². The molecule has 1 aliphatic rings. The van der Waals surface area contributed by atoms with Gasteiger partial charge in [-0.05, 0) is 56.2 Å². The van der Waals surface area contributed by atoms with E-state index in [4.69, 9.17) is 9.47 Å². The van der Waals surface area contributed by atoms with E-state index in [2.05, 4.69) is 12.2 Å². The highest BCUT2D eigenvalue weighted by molar-refractivity contribution is 5.97. The van der Waals surface area contributed by atoms with Gasteiger partial charge in [0, 0.05) is 19.2 Å². The van der Waals surface area contributed by atoms with Crippen LogP contribution in [-0.4, -0.2) is 24.1 Å². The first-order valence-corrected chi connectivity index (χ1v) is 9.08. The summed E-state index contributed by atoms with van der Waals surface area (Å²) < 4.78 is 11.0. The molecule has 140 valence electrons. The second-order valence-electron chi connectivity index (χ2n) is 6.90. The van der Waals surface area contributed by atoms with Crippen LogP contribution in [-0.2, 0) is 14.3 Å². The molecule has 0 aliphatic heterocycles. The van der Waals surface area contributed by atoms with Gasteiger partial charge >= 0.3 is 5.97 Å². The highest BCUT2D eigenvalue weighted by Crippen LogP contribution is 2.36. The number of benzene rings is 1. The lowest BCUT2D eigenvalue weighted by Gasteiger charge is -2.38. The third-order valence-electron chi connectivity index (χ3n) is 4.69. The van der Waals surface area contributed by atoms with Crippen LogP contribution in [0.1, 0.15) is 58.4 Å². The first-order valence-electron chi connectivity index (χ1n) is 9.08. The van der Waals surface area contributed by atoms with Crippen molar-refractivity contribution < 1.29 is 19.1 Å². The third-order valence-corrected chi connectivity index (χ3v) is 4.69. The zero-order chi connectivity index (χ0) is 19.2. The lowest BCUT2D eigenvalue weighted by atomic mass is 9.78. The zero-order valence-corrected chi connectivity index (χ0v) is 15.6. The zero-order valence-electron chi connectivity index (χ0n) is 15.6. The van der Waals surface area contributed by atoms with Crippen molar-refractivity contribution >= 4 is 17.6 Å². The Balaban J connectivity index is 2.18. The average molecular weight is 358 g/mol. The second-order valence-corrected chi connectivity index (χ2v) is 6.90. The molecule has 0 unspecified atom stereocenters. The molecule has 1 aromatic carbocycles. The molecule has 0 saturated heterocycles. The van der Waals surface area contributed by atoms with E-state index in [1.807, 2.05) is 13.0 Å². The molecule has 1 amide bonds. The van der Waals surface area contributed by atoms with Crippen LogP contribution >= 0.6 is 0 Å². The number of anilines is 1. The van der Waals surface area contributed by atoms with Gasteiger partial charge in [0.15, 0.2) is 0 Å². The van der Waals surface area contributed by atoms with Crippen molar-refractivity contribution in [1.29, 1.82) is 5.26 Å². The van der Waals surface area contributed by atoms with E-state index in [1.54, 1.807) is 6.07 Å². The Bertz CT molecular complexity index is 695. The standard InChI is InChI=1S/C20H26N2O4/c1-4-11-25-20(9-7-14(2)8-10-20)19(24)22-17-5-6-18(26-15(3)23)16(12-17)13-21/h5-6,12,14H,4,7-11H2,1-3H3,(H,22,24). The highest BCUT2D eigenvalue weighted by atomic mass is 16.5. The summed E-state index contributed by atoms with van der Waals surface area (Å²) in [5.74, 6) is 0.0966. The lowest BCUT2D eigenvalue weighted by molar-refractivity contribution is -0.147. The van der Waals surface area contributed by atoms with Gasteiger partial charge in [-0.1, -0.05) is 13.8 Å². The minimum absolute atomic E-state index is 0.179. The predicted molar refractivity (Wildman–Crippen MR) is 97.7 cm³/mol. The number of ether oxygens (including phenoxy) is 2. The fourth-order valence-corrected chi connectivity index (χ4v) is 3.15. The number of amides is 1. The number of nitrogens with one attached hydrogen (secondary N) is 1. The number of carbonyl (C=O) groups excluding carboxylic acids is 2. The fraction of sp³-hybridized carbons (Fsp3) is 0.550. The molecule has 0 atom stereocenters. The molecule has 0 radical (unpaired) electrons. The number of nitrogens with zero attached hydrogens (tertiary/aromatic N) is 1. The fourth-order valence-electron chi connectivity index (χ4n) is 3.15. The molecular formula is C20H26N2O4. The van der Waals surface area contributed by atoms with Gasteiger partial charge < -0.3 is 14.8 Å². The molecule has 1 aliphatic carbocycles. The molecule has 0 heterocycles. The van der Waals surface area contributed by atoms with Crippen molar-refractivity contribution in [2.45, 2.75) is 58.5 Å². The lowest BCUT2D eigenvalue weighted by Crippen LogP contribution is -2.48. The van der Waals surface area contributed by atoms with Gasteiger partial charge in [-0.15, -0.1) is 0 Å². The number of esters is 1. The first-order chi connectivity index (χ1) is 12.4. The Morgan fingerprint density at radius 1 is 1.35 bits per heavy atom. The number of nitriles is 1. The van der Waals surface area contributed by atoms with Crippen LogP contribution in [0.5, 0.6) is 5.75 Å². The quantitative estimate of drug-likeness (QED) is 0.617. The van der Waals surface area contributed by atoms with Crippen molar-refractivity contribution in [1.82, 2.24) is 0 Å². The smallest absolute Gasteiger partial charge is 0.308 e. The third kappa shape index (κ3) is 4.83. The van der Waals surface area contributed by atoms with E-state index < -0.39 is 11.6 Å². The Labute approximate surface area is 154 Å². The first kappa shape index (κ1) is 19.9. The molecule has 1 N–H and O–H groups in total. The normalized spacial score (nSPS) is 22.3. The molecule has 1 aromatic rings. The van der Waals surface area contributed by atoms with E-state index >= 15 is 0 Å². The minimum atomic E-state index is -0.816. The molecular weight excluding hydrogens is 332 g/mol. The van der Waals surface area contributed by atoms with E-state index in [1.165, 1.54) is 19.1 Å². The predicted octanol–water partition coefficient (Wildman–Crippen LogP) is 3.80. The monoisotopic (exact) mass is 358 g/mol. The van der Waals surface area contributed by atoms with Crippen LogP contribution < -0.4 is 10.1 Å². The van der Waals surface area contributed by atoms with E-state index in [0.717, 1.165) is 19.3 Å². The van der Waals surface area contributed by atoms with Gasteiger partial charge in [-0.3, -0.25) is 9.59 Å². The summed E-state index contributed by atoms with van der Waals surface area (Å²) in [5.41, 5.74) is -0.136. The summed E-state index contributed by atoms with van der Waals surface area (Å²) in [5, 5.41) is 12.1. The highest BCUT2D eigenvalue weighted by Gasteiger charge is 2.42. The Morgan fingerprint density at radius 3 is 2.62 bits per heavy atom. The van der Waals surface area contributed by atoms with Crippen LogP contribution in [0.2, 0.25) is 0 Å². The van der Waals surface area contributed by atoms with Crippen LogP contribution in [0.25, 0.3) is 0 Å². The average Bonchev–Trinajstić information content (AvgIpc) is 2.62. The molecule has 6 nitrogen and oxygen atoms in total. The molecule has 0 spiro atoms. The van der Waals surface area contributed by atoms with Crippen molar-refractivity contribution in [3.63, 3.8) is 0 Å². The summed E-state index contributed by atoms with van der Waals surface area (Å²) in [6.07, 6.45) is 4.13. The molecule has 1 fully saturated rings. The SMILES string of the molecule is CCCOC1(C(=O)Nc2ccc(OC(C)=O)c(C#N)c2)CCC(C)CC1.